The molecule has 0 fully saturated rings. The highest BCUT2D eigenvalue weighted by Gasteiger charge is 2.12. The molecule has 1 unspecified atom stereocenters. The molecule has 0 aliphatic carbocycles. The highest BCUT2D eigenvalue weighted by molar-refractivity contribution is 5.96. The van der Waals surface area contributed by atoms with E-state index in [9.17, 15) is 19.1 Å². The molecule has 2 aromatic rings. The van der Waals surface area contributed by atoms with E-state index < -0.39 is 23.7 Å². The first-order valence-corrected chi connectivity index (χ1v) is 7.53. The molecule has 126 valence electrons. The maximum absolute atomic E-state index is 13.6. The van der Waals surface area contributed by atoms with Crippen molar-refractivity contribution in [2.24, 2.45) is 0 Å². The Morgan fingerprint density at radius 2 is 1.88 bits per heavy atom. The highest BCUT2D eigenvalue weighted by Crippen LogP contribution is 2.16. The van der Waals surface area contributed by atoms with E-state index >= 15 is 0 Å². The van der Waals surface area contributed by atoms with E-state index in [2.05, 4.69) is 10.6 Å². The summed E-state index contributed by atoms with van der Waals surface area (Å²) in [4.78, 5) is 23.1. The Balaban J connectivity index is 1.93. The van der Waals surface area contributed by atoms with Crippen LogP contribution < -0.4 is 10.6 Å². The first kappa shape index (κ1) is 17.6. The molecular formula is C18H19FN2O3. The van der Waals surface area contributed by atoms with Gasteiger partial charge in [-0.15, -0.1) is 0 Å². The van der Waals surface area contributed by atoms with Crippen LogP contribution in [0.5, 0.6) is 0 Å². The molecule has 2 amide bonds. The number of benzene rings is 2. The number of aliphatic hydroxyl groups is 1. The molecule has 0 aliphatic heterocycles. The van der Waals surface area contributed by atoms with Gasteiger partial charge in [0.05, 0.1) is 11.8 Å². The van der Waals surface area contributed by atoms with Crippen molar-refractivity contribution < 1.29 is 19.1 Å². The summed E-state index contributed by atoms with van der Waals surface area (Å²) in [5.41, 5.74) is 1.11. The lowest BCUT2D eigenvalue weighted by Crippen LogP contribution is -2.33. The average molecular weight is 330 g/mol. The topological polar surface area (TPSA) is 78.4 Å². The van der Waals surface area contributed by atoms with Gasteiger partial charge in [-0.05, 0) is 23.8 Å². The molecule has 24 heavy (non-hydrogen) atoms. The molecule has 3 N–H and O–H groups in total. The first-order valence-electron chi connectivity index (χ1n) is 7.53. The van der Waals surface area contributed by atoms with Crippen molar-refractivity contribution in [3.8, 4) is 0 Å². The minimum atomic E-state index is -0.730. The molecular weight excluding hydrogens is 311 g/mol. The largest absolute Gasteiger partial charge is 0.391 e. The van der Waals surface area contributed by atoms with Crippen LogP contribution in [0, 0.1) is 5.82 Å². The molecule has 0 aliphatic rings. The van der Waals surface area contributed by atoms with Crippen LogP contribution in [0.4, 0.5) is 10.1 Å². The third kappa shape index (κ3) is 5.17. The lowest BCUT2D eigenvalue weighted by molar-refractivity contribution is -0.114. The van der Waals surface area contributed by atoms with Gasteiger partial charge in [-0.25, -0.2) is 4.39 Å². The molecule has 0 aromatic heterocycles. The predicted molar refractivity (Wildman–Crippen MR) is 89.2 cm³/mol. The fraction of sp³-hybridized carbons (Fsp3) is 0.222. The fourth-order valence-corrected chi connectivity index (χ4v) is 2.22. The summed E-state index contributed by atoms with van der Waals surface area (Å²) in [6.07, 6.45) is -0.312. The van der Waals surface area contributed by atoms with Crippen molar-refractivity contribution in [1.82, 2.24) is 5.32 Å². The number of halogens is 1. The zero-order chi connectivity index (χ0) is 17.5. The minimum Gasteiger partial charge on any atom is -0.391 e. The molecule has 0 heterocycles. The van der Waals surface area contributed by atoms with Gasteiger partial charge in [-0.1, -0.05) is 30.3 Å². The van der Waals surface area contributed by atoms with Crippen molar-refractivity contribution in [1.29, 1.82) is 0 Å². The summed E-state index contributed by atoms with van der Waals surface area (Å²) in [6.45, 7) is 1.33. The van der Waals surface area contributed by atoms with Crippen LogP contribution in [0.2, 0.25) is 0 Å². The number of nitrogens with one attached hydrogen (secondary N) is 2. The molecule has 2 rings (SSSR count). The Labute approximate surface area is 139 Å². The zero-order valence-corrected chi connectivity index (χ0v) is 13.3. The van der Waals surface area contributed by atoms with Gasteiger partial charge in [0.2, 0.25) is 5.91 Å². The van der Waals surface area contributed by atoms with Gasteiger partial charge in [-0.3, -0.25) is 9.59 Å². The summed E-state index contributed by atoms with van der Waals surface area (Å²) in [7, 11) is 0. The number of anilines is 1. The van der Waals surface area contributed by atoms with Crippen LogP contribution in [-0.2, 0) is 11.2 Å². The molecule has 2 aromatic carbocycles. The monoisotopic (exact) mass is 330 g/mol. The van der Waals surface area contributed by atoms with Crippen LogP contribution in [0.25, 0.3) is 0 Å². The first-order chi connectivity index (χ1) is 11.5. The van der Waals surface area contributed by atoms with E-state index in [1.165, 1.54) is 19.1 Å². The second kappa shape index (κ2) is 8.21. The SMILES string of the molecule is CC(=O)Nc1cc(C(=O)NCC(O)Cc2ccccc2)ccc1F. The number of amides is 2. The van der Waals surface area contributed by atoms with Gasteiger partial charge in [0.15, 0.2) is 0 Å². The quantitative estimate of drug-likeness (QED) is 0.759. The van der Waals surface area contributed by atoms with Gasteiger partial charge < -0.3 is 15.7 Å². The van der Waals surface area contributed by atoms with E-state index in [0.29, 0.717) is 6.42 Å². The summed E-state index contributed by atoms with van der Waals surface area (Å²) in [6, 6.07) is 13.1. The van der Waals surface area contributed by atoms with Gasteiger partial charge in [0, 0.05) is 25.5 Å². The van der Waals surface area contributed by atoms with Crippen LogP contribution >= 0.6 is 0 Å². The number of rotatable bonds is 6. The standard InChI is InChI=1S/C18H19FN2O3/c1-12(22)21-17-10-14(7-8-16(17)19)18(24)20-11-15(23)9-13-5-3-2-4-6-13/h2-8,10,15,23H,9,11H2,1H3,(H,20,24)(H,21,22). The van der Waals surface area contributed by atoms with E-state index in [4.69, 9.17) is 0 Å². The molecule has 0 saturated heterocycles. The van der Waals surface area contributed by atoms with Gasteiger partial charge >= 0.3 is 0 Å². The fourth-order valence-electron chi connectivity index (χ4n) is 2.22. The Kier molecular flexibility index (Phi) is 6.03. The molecule has 1 atom stereocenters. The molecule has 6 heteroatoms. The van der Waals surface area contributed by atoms with Crippen LogP contribution in [0.3, 0.4) is 0 Å². The number of carbonyl (C=O) groups excluding carboxylic acids is 2. The molecule has 0 radical (unpaired) electrons. The lowest BCUT2D eigenvalue weighted by Gasteiger charge is -2.13. The van der Waals surface area contributed by atoms with Gasteiger partial charge in [0.25, 0.3) is 5.91 Å². The van der Waals surface area contributed by atoms with E-state index in [0.717, 1.165) is 11.6 Å². The summed E-state index contributed by atoms with van der Waals surface area (Å²) in [5, 5.41) is 14.9. The van der Waals surface area contributed by atoms with Gasteiger partial charge in [0.1, 0.15) is 5.82 Å². The Morgan fingerprint density at radius 1 is 1.17 bits per heavy atom. The third-order valence-corrected chi connectivity index (χ3v) is 3.35. The maximum atomic E-state index is 13.6. The lowest BCUT2D eigenvalue weighted by atomic mass is 10.1. The average Bonchev–Trinajstić information content (AvgIpc) is 2.55. The second-order valence-corrected chi connectivity index (χ2v) is 5.43. The Morgan fingerprint density at radius 3 is 2.54 bits per heavy atom. The summed E-state index contributed by atoms with van der Waals surface area (Å²) in [5.74, 6) is -1.50. The second-order valence-electron chi connectivity index (χ2n) is 5.43. The van der Waals surface area contributed by atoms with Crippen molar-refractivity contribution in [3.63, 3.8) is 0 Å². The van der Waals surface area contributed by atoms with E-state index in [1.54, 1.807) is 0 Å². The number of aliphatic hydroxyl groups excluding tert-OH is 1. The highest BCUT2D eigenvalue weighted by atomic mass is 19.1. The normalized spacial score (nSPS) is 11.6. The Hall–Kier alpha value is -2.73. The van der Waals surface area contributed by atoms with Crippen LogP contribution in [-0.4, -0.2) is 29.6 Å². The van der Waals surface area contributed by atoms with Crippen molar-refractivity contribution in [3.05, 3.63) is 65.5 Å². The molecule has 0 spiro atoms. The van der Waals surface area contributed by atoms with Gasteiger partial charge in [-0.2, -0.15) is 0 Å². The van der Waals surface area contributed by atoms with E-state index in [1.807, 2.05) is 30.3 Å². The molecule has 0 bridgehead atoms. The smallest absolute Gasteiger partial charge is 0.251 e. The van der Waals surface area contributed by atoms with Crippen molar-refractivity contribution in [2.45, 2.75) is 19.4 Å². The van der Waals surface area contributed by atoms with Crippen molar-refractivity contribution >= 4 is 17.5 Å². The molecule has 5 nitrogen and oxygen atoms in total. The van der Waals surface area contributed by atoms with Crippen molar-refractivity contribution in [2.75, 3.05) is 11.9 Å². The summed E-state index contributed by atoms with van der Waals surface area (Å²) >= 11 is 0. The predicted octanol–water partition coefficient (Wildman–Crippen LogP) is 2.12. The minimum absolute atomic E-state index is 0.0556. The number of hydrogen-bond acceptors (Lipinski definition) is 3. The Bertz CT molecular complexity index is 719. The number of hydrogen-bond donors (Lipinski definition) is 3. The number of carbonyl (C=O) groups is 2. The third-order valence-electron chi connectivity index (χ3n) is 3.35. The maximum Gasteiger partial charge on any atom is 0.251 e. The van der Waals surface area contributed by atoms with Crippen LogP contribution in [0.1, 0.15) is 22.8 Å². The summed E-state index contributed by atoms with van der Waals surface area (Å²) < 4.78 is 13.6. The molecule has 0 saturated carbocycles. The zero-order valence-electron chi connectivity index (χ0n) is 13.3. The van der Waals surface area contributed by atoms with E-state index in [-0.39, 0.29) is 17.8 Å². The van der Waals surface area contributed by atoms with Crippen LogP contribution in [0.15, 0.2) is 48.5 Å².